The van der Waals surface area contributed by atoms with Gasteiger partial charge in [-0.15, -0.1) is 0 Å². The second kappa shape index (κ2) is 9.80. The number of anilines is 2. The molecule has 2 saturated heterocycles. The number of piperidine rings is 1. The van der Waals surface area contributed by atoms with Gasteiger partial charge in [0.25, 0.3) is 5.91 Å². The Morgan fingerprint density at radius 1 is 1.19 bits per heavy atom. The zero-order valence-electron chi connectivity index (χ0n) is 21.5. The van der Waals surface area contributed by atoms with Gasteiger partial charge in [-0.05, 0) is 68.3 Å². The summed E-state index contributed by atoms with van der Waals surface area (Å²) in [6.45, 7) is 6.01. The first-order valence-corrected chi connectivity index (χ1v) is 16.4. The van der Waals surface area contributed by atoms with E-state index in [-0.39, 0.29) is 31.4 Å². The monoisotopic (exact) mass is 544 g/mol. The van der Waals surface area contributed by atoms with Gasteiger partial charge in [-0.25, -0.2) is 0 Å². The molecule has 0 radical (unpaired) electrons. The number of aliphatic hydroxyl groups is 1. The average Bonchev–Trinajstić information content (AvgIpc) is 3.26. The lowest BCUT2D eigenvalue weighted by molar-refractivity contribution is -0.146. The van der Waals surface area contributed by atoms with Crippen LogP contribution in [0.1, 0.15) is 43.7 Å². The number of aliphatic hydroxyl groups excluding tert-OH is 1. The summed E-state index contributed by atoms with van der Waals surface area (Å²) in [5.74, 6) is -0.546. The molecule has 0 aliphatic carbocycles. The first-order chi connectivity index (χ1) is 17.6. The number of hydrogen-bond acceptors (Lipinski definition) is 4. The molecule has 5 rings (SSSR count). The number of nitrogens with zero attached hydrogens (tertiary/aromatic N) is 2. The van der Waals surface area contributed by atoms with Crippen LogP contribution in [0.25, 0.3) is 0 Å². The van der Waals surface area contributed by atoms with Crippen LogP contribution >= 0.6 is 11.6 Å². The van der Waals surface area contributed by atoms with Crippen molar-refractivity contribution in [2.24, 2.45) is 5.92 Å². The number of carbonyl (C=O) groups excluding carboxylic acids is 2. The Bertz CT molecular complexity index is 1220. The fraction of sp³-hybridized carbons (Fsp3) is 0.500. The predicted molar refractivity (Wildman–Crippen MR) is 145 cm³/mol. The Balaban J connectivity index is 1.53. The van der Waals surface area contributed by atoms with Gasteiger partial charge in [-0.3, -0.25) is 9.59 Å². The number of ether oxygens (including phenoxy) is 1. The van der Waals surface area contributed by atoms with Crippen LogP contribution in [0.15, 0.2) is 42.5 Å². The van der Waals surface area contributed by atoms with Crippen LogP contribution in [0.3, 0.4) is 0 Å². The minimum atomic E-state index is -3.25. The summed E-state index contributed by atoms with van der Waals surface area (Å²) in [6.07, 6.45) is 2.14. The van der Waals surface area contributed by atoms with E-state index in [1.807, 2.05) is 42.2 Å². The van der Waals surface area contributed by atoms with E-state index in [4.69, 9.17) is 16.3 Å². The predicted octanol–water partition coefficient (Wildman–Crippen LogP) is 5.56. The number of carbonyl (C=O) groups is 2. The number of hydrogen-bond donors (Lipinski definition) is 1. The molecular formula is C28H34ClFN2O4Si. The molecule has 2 aromatic carbocycles. The molecule has 2 aromatic rings. The maximum Gasteiger partial charge on any atom is 0.264 e. The van der Waals surface area contributed by atoms with Gasteiger partial charge in [0.2, 0.25) is 14.3 Å². The summed E-state index contributed by atoms with van der Waals surface area (Å²) < 4.78 is 22.2. The average molecular weight is 545 g/mol. The fourth-order valence-corrected chi connectivity index (χ4v) is 9.37. The molecule has 2 fully saturated rings. The maximum atomic E-state index is 15.6. The van der Waals surface area contributed by atoms with Crippen molar-refractivity contribution in [3.63, 3.8) is 0 Å². The highest BCUT2D eigenvalue weighted by molar-refractivity contribution is 6.72. The molecule has 1 N–H and O–H groups in total. The quantitative estimate of drug-likeness (QED) is 0.382. The van der Waals surface area contributed by atoms with Gasteiger partial charge in [0.15, 0.2) is 5.60 Å². The fourth-order valence-electron chi connectivity index (χ4n) is 6.66. The molecule has 1 spiro atoms. The molecule has 6 nitrogen and oxygen atoms in total. The SMILES string of the molecule is C[C@H]1[C@H]([Si](C)(C)F)[C@@H](CCO)O[C@]12C(=O)N(Cc1cccc(N3CCCCC3=O)c1)c1ccc(Cl)cc12. The molecule has 37 heavy (non-hydrogen) atoms. The van der Waals surface area contributed by atoms with Crippen molar-refractivity contribution in [3.8, 4) is 0 Å². The Kier molecular flexibility index (Phi) is 6.98. The number of benzene rings is 2. The van der Waals surface area contributed by atoms with Crippen LogP contribution in [0.2, 0.25) is 23.7 Å². The van der Waals surface area contributed by atoms with Gasteiger partial charge in [0, 0.05) is 47.3 Å². The van der Waals surface area contributed by atoms with Gasteiger partial charge in [0.05, 0.1) is 18.3 Å². The molecule has 2 amide bonds. The van der Waals surface area contributed by atoms with E-state index >= 15 is 4.11 Å². The minimum absolute atomic E-state index is 0.117. The second-order valence-corrected chi connectivity index (χ2v) is 15.2. The number of halogens is 2. The van der Waals surface area contributed by atoms with E-state index in [2.05, 4.69) is 0 Å². The summed E-state index contributed by atoms with van der Waals surface area (Å²) in [7, 11) is -3.25. The van der Waals surface area contributed by atoms with Gasteiger partial charge in [0.1, 0.15) is 0 Å². The molecule has 0 bridgehead atoms. The number of fused-ring (bicyclic) bond motifs is 2. The third kappa shape index (κ3) is 4.41. The van der Waals surface area contributed by atoms with E-state index in [1.54, 1.807) is 30.1 Å². The highest BCUT2D eigenvalue weighted by atomic mass is 35.5. The molecule has 198 valence electrons. The van der Waals surface area contributed by atoms with Crippen molar-refractivity contribution in [1.82, 2.24) is 0 Å². The van der Waals surface area contributed by atoms with Gasteiger partial charge in [-0.1, -0.05) is 30.7 Å². The van der Waals surface area contributed by atoms with Gasteiger partial charge < -0.3 is 23.8 Å². The second-order valence-electron chi connectivity index (χ2n) is 11.0. The normalized spacial score (nSPS) is 27.9. The third-order valence-corrected chi connectivity index (χ3v) is 10.9. The van der Waals surface area contributed by atoms with Crippen LogP contribution in [0.5, 0.6) is 0 Å². The van der Waals surface area contributed by atoms with E-state index < -0.39 is 31.6 Å². The minimum Gasteiger partial charge on any atom is -0.396 e. The molecule has 3 aliphatic rings. The third-order valence-electron chi connectivity index (χ3n) is 8.22. The topological polar surface area (TPSA) is 70.1 Å². The zero-order valence-corrected chi connectivity index (χ0v) is 23.3. The van der Waals surface area contributed by atoms with E-state index in [9.17, 15) is 14.7 Å². The Morgan fingerprint density at radius 2 is 1.97 bits per heavy atom. The summed E-state index contributed by atoms with van der Waals surface area (Å²) in [4.78, 5) is 30.3. The van der Waals surface area contributed by atoms with Crippen molar-refractivity contribution in [1.29, 1.82) is 0 Å². The standard InChI is InChI=1S/C28H34ClFN2O4Si/c1-18-26(37(2,3)30)24(12-14-33)36-28(18)22-16-20(29)10-11-23(22)32(27(28)35)17-19-7-6-8-21(15-19)31-13-5-4-9-25(31)34/h6-8,10-11,15-16,18,24,26,33H,4-5,9,12-14,17H2,1-3H3/t18-,24+,26-,28+/m0/s1. The number of amides is 2. The number of rotatable bonds is 6. The highest BCUT2D eigenvalue weighted by Crippen LogP contribution is 2.60. The summed E-state index contributed by atoms with van der Waals surface area (Å²) in [5, 5.41) is 10.2. The Hall–Kier alpha value is -2.26. The Morgan fingerprint density at radius 3 is 2.68 bits per heavy atom. The first kappa shape index (κ1) is 26.3. The molecular weight excluding hydrogens is 511 g/mol. The Labute approximate surface area is 223 Å². The van der Waals surface area contributed by atoms with Crippen LogP contribution in [-0.2, 0) is 26.5 Å². The zero-order chi connectivity index (χ0) is 26.5. The first-order valence-electron chi connectivity index (χ1n) is 13.1. The van der Waals surface area contributed by atoms with E-state index in [0.29, 0.717) is 29.2 Å². The maximum absolute atomic E-state index is 15.6. The summed E-state index contributed by atoms with van der Waals surface area (Å²) >= 11 is 6.40. The molecule has 3 heterocycles. The van der Waals surface area contributed by atoms with Crippen LogP contribution < -0.4 is 9.80 Å². The van der Waals surface area contributed by atoms with Crippen molar-refractivity contribution >= 4 is 43.2 Å². The van der Waals surface area contributed by atoms with Gasteiger partial charge >= 0.3 is 0 Å². The van der Waals surface area contributed by atoms with Crippen molar-refractivity contribution < 1.29 is 23.5 Å². The molecule has 0 saturated carbocycles. The molecule has 3 aliphatic heterocycles. The lowest BCUT2D eigenvalue weighted by Crippen LogP contribution is -2.45. The van der Waals surface area contributed by atoms with Crippen molar-refractivity contribution in [2.75, 3.05) is 23.0 Å². The van der Waals surface area contributed by atoms with Crippen LogP contribution in [-0.4, -0.2) is 44.6 Å². The summed E-state index contributed by atoms with van der Waals surface area (Å²) in [5.41, 5.74) is 1.26. The molecule has 9 heteroatoms. The summed E-state index contributed by atoms with van der Waals surface area (Å²) in [6, 6.07) is 13.1. The molecule has 0 unspecified atom stereocenters. The molecule has 0 aromatic heterocycles. The molecule has 4 atom stereocenters. The smallest absolute Gasteiger partial charge is 0.264 e. The van der Waals surface area contributed by atoms with Gasteiger partial charge in [-0.2, -0.15) is 0 Å². The largest absolute Gasteiger partial charge is 0.396 e. The van der Waals surface area contributed by atoms with Crippen LogP contribution in [0.4, 0.5) is 15.5 Å². The van der Waals surface area contributed by atoms with E-state index in [0.717, 1.165) is 24.1 Å². The lowest BCUT2D eigenvalue weighted by Gasteiger charge is -2.31. The lowest BCUT2D eigenvalue weighted by atomic mass is 9.82. The van der Waals surface area contributed by atoms with Crippen LogP contribution in [0, 0.1) is 5.92 Å². The van der Waals surface area contributed by atoms with E-state index in [1.165, 1.54) is 0 Å². The van der Waals surface area contributed by atoms with Crippen molar-refractivity contribution in [3.05, 3.63) is 58.6 Å². The highest BCUT2D eigenvalue weighted by Gasteiger charge is 2.66. The van der Waals surface area contributed by atoms with Crippen molar-refractivity contribution in [2.45, 2.75) is 69.5 Å².